The van der Waals surface area contributed by atoms with Gasteiger partial charge in [0.05, 0.1) is 29.4 Å². The van der Waals surface area contributed by atoms with Crippen molar-refractivity contribution in [1.29, 1.82) is 0 Å². The highest BCUT2D eigenvalue weighted by Crippen LogP contribution is 2.36. The average molecular weight is 461 g/mol. The number of aliphatic hydroxyl groups excluding tert-OH is 1. The third-order valence-corrected chi connectivity index (χ3v) is 5.68. The Morgan fingerprint density at radius 1 is 1.34 bits per heavy atom. The van der Waals surface area contributed by atoms with Crippen LogP contribution < -0.4 is 14.8 Å². The van der Waals surface area contributed by atoms with Gasteiger partial charge in [-0.15, -0.1) is 0 Å². The Morgan fingerprint density at radius 3 is 2.97 bits per heavy atom. The summed E-state index contributed by atoms with van der Waals surface area (Å²) in [5.41, 5.74) is 0.756. The second kappa shape index (κ2) is 9.54. The van der Waals surface area contributed by atoms with E-state index in [2.05, 4.69) is 15.3 Å². The summed E-state index contributed by atoms with van der Waals surface area (Å²) in [5.74, 6) is 0.384. The molecule has 10 heteroatoms. The molecule has 0 spiro atoms. The van der Waals surface area contributed by atoms with Crippen molar-refractivity contribution in [2.24, 2.45) is 0 Å². The number of aromatic nitrogens is 2. The van der Waals surface area contributed by atoms with Gasteiger partial charge in [-0.25, -0.2) is 14.4 Å². The zero-order valence-corrected chi connectivity index (χ0v) is 18.1. The Kier molecular flexibility index (Phi) is 6.57. The van der Waals surface area contributed by atoms with E-state index in [4.69, 9.17) is 21.1 Å². The summed E-state index contributed by atoms with van der Waals surface area (Å²) in [6.45, 7) is 0.310. The number of fused-ring (bicyclic) bond motifs is 1. The van der Waals surface area contributed by atoms with Crippen LogP contribution in [-0.2, 0) is 4.79 Å². The standard InChI is InChI=1S/C22H22ClFN4O4/c1-31-18-9-17-14(8-19(18)32-11-13-4-3-7-28(13)20(30)10-29)22(26-12-25-17)27-16-6-2-5-15(23)21(16)24/h2,5-6,8-9,12-13,29H,3-4,7,10-11H2,1H3,(H,25,26,27). The summed E-state index contributed by atoms with van der Waals surface area (Å²) in [6.07, 6.45) is 3.00. The van der Waals surface area contributed by atoms with Crippen molar-refractivity contribution < 1.29 is 23.8 Å². The van der Waals surface area contributed by atoms with Crippen molar-refractivity contribution in [3.8, 4) is 11.5 Å². The maximum absolute atomic E-state index is 14.4. The minimum atomic E-state index is -0.583. The van der Waals surface area contributed by atoms with Crippen LogP contribution in [0.25, 0.3) is 10.9 Å². The molecule has 1 unspecified atom stereocenters. The van der Waals surface area contributed by atoms with Crippen LogP contribution in [0.15, 0.2) is 36.7 Å². The second-order valence-corrected chi connectivity index (χ2v) is 7.73. The molecule has 2 aromatic carbocycles. The van der Waals surface area contributed by atoms with Gasteiger partial charge in [0, 0.05) is 18.0 Å². The number of aliphatic hydroxyl groups is 1. The number of hydrogen-bond acceptors (Lipinski definition) is 7. The van der Waals surface area contributed by atoms with Gasteiger partial charge in [-0.1, -0.05) is 17.7 Å². The molecule has 1 atom stereocenters. The van der Waals surface area contributed by atoms with Gasteiger partial charge in [0.1, 0.15) is 25.4 Å². The number of hydrogen-bond donors (Lipinski definition) is 2. The lowest BCUT2D eigenvalue weighted by atomic mass is 10.2. The maximum atomic E-state index is 14.4. The van der Waals surface area contributed by atoms with Gasteiger partial charge < -0.3 is 24.8 Å². The predicted molar refractivity (Wildman–Crippen MR) is 118 cm³/mol. The number of likely N-dealkylation sites (tertiary alicyclic amines) is 1. The van der Waals surface area contributed by atoms with Gasteiger partial charge in [-0.3, -0.25) is 4.79 Å². The van der Waals surface area contributed by atoms with Crippen LogP contribution in [0.5, 0.6) is 11.5 Å². The Labute approximate surface area is 188 Å². The Bertz CT molecular complexity index is 1150. The molecule has 1 aliphatic heterocycles. The summed E-state index contributed by atoms with van der Waals surface area (Å²) in [5, 5.41) is 12.7. The molecule has 0 bridgehead atoms. The van der Waals surface area contributed by atoms with Crippen molar-refractivity contribution in [1.82, 2.24) is 14.9 Å². The number of carbonyl (C=O) groups is 1. The lowest BCUT2D eigenvalue weighted by molar-refractivity contribution is -0.135. The minimum absolute atomic E-state index is 0.00222. The van der Waals surface area contributed by atoms with Gasteiger partial charge >= 0.3 is 0 Å². The summed E-state index contributed by atoms with van der Waals surface area (Å²) in [7, 11) is 1.52. The highest BCUT2D eigenvalue weighted by molar-refractivity contribution is 6.31. The molecule has 8 nitrogen and oxygen atoms in total. The Morgan fingerprint density at radius 2 is 2.19 bits per heavy atom. The largest absolute Gasteiger partial charge is 0.493 e. The van der Waals surface area contributed by atoms with E-state index in [0.717, 1.165) is 12.8 Å². The molecule has 0 saturated carbocycles. The van der Waals surface area contributed by atoms with Crippen LogP contribution in [0.2, 0.25) is 5.02 Å². The number of anilines is 2. The molecule has 1 fully saturated rings. The number of halogens is 2. The molecular formula is C22H22ClFN4O4. The zero-order chi connectivity index (χ0) is 22.7. The van der Waals surface area contributed by atoms with E-state index in [1.54, 1.807) is 29.2 Å². The predicted octanol–water partition coefficient (Wildman–Crippen LogP) is 3.54. The van der Waals surface area contributed by atoms with Gasteiger partial charge in [-0.2, -0.15) is 0 Å². The summed E-state index contributed by atoms with van der Waals surface area (Å²) < 4.78 is 25.8. The SMILES string of the molecule is COc1cc2ncnc(Nc3cccc(Cl)c3F)c2cc1OCC1CCCN1C(=O)CO. The first kappa shape index (κ1) is 22.0. The molecule has 4 rings (SSSR count). The fraction of sp³-hybridized carbons (Fsp3) is 0.318. The van der Waals surface area contributed by atoms with Crippen LogP contribution in [0.4, 0.5) is 15.9 Å². The van der Waals surface area contributed by atoms with Crippen molar-refractivity contribution in [2.75, 3.05) is 32.2 Å². The number of nitrogens with one attached hydrogen (secondary N) is 1. The molecule has 2 N–H and O–H groups in total. The van der Waals surface area contributed by atoms with Gasteiger partial charge in [0.15, 0.2) is 17.3 Å². The van der Waals surface area contributed by atoms with Crippen LogP contribution >= 0.6 is 11.6 Å². The lowest BCUT2D eigenvalue weighted by Gasteiger charge is -2.24. The van der Waals surface area contributed by atoms with E-state index in [-0.39, 0.29) is 29.3 Å². The average Bonchev–Trinajstić information content (AvgIpc) is 3.28. The van der Waals surface area contributed by atoms with Crippen LogP contribution in [0, 0.1) is 5.82 Å². The van der Waals surface area contributed by atoms with Crippen LogP contribution in [0.3, 0.4) is 0 Å². The minimum Gasteiger partial charge on any atom is -0.493 e. The van der Waals surface area contributed by atoms with Gasteiger partial charge in [0.2, 0.25) is 5.91 Å². The number of methoxy groups -OCH3 is 1. The highest BCUT2D eigenvalue weighted by Gasteiger charge is 2.29. The fourth-order valence-corrected chi connectivity index (χ4v) is 3.95. The van der Waals surface area contributed by atoms with Crippen LogP contribution in [0.1, 0.15) is 12.8 Å². The van der Waals surface area contributed by atoms with Crippen molar-refractivity contribution in [2.45, 2.75) is 18.9 Å². The molecule has 1 amide bonds. The normalized spacial score (nSPS) is 15.8. The number of rotatable bonds is 7. The topological polar surface area (TPSA) is 96.8 Å². The molecule has 32 heavy (non-hydrogen) atoms. The van der Waals surface area contributed by atoms with E-state index >= 15 is 0 Å². The molecule has 168 valence electrons. The molecule has 1 aliphatic rings. The van der Waals surface area contributed by atoms with Gasteiger partial charge in [0.25, 0.3) is 0 Å². The Hall–Kier alpha value is -3.17. The first-order valence-electron chi connectivity index (χ1n) is 10.1. The number of amides is 1. The quantitative estimate of drug-likeness (QED) is 0.556. The number of benzene rings is 2. The van der Waals surface area contributed by atoms with Gasteiger partial charge in [-0.05, 0) is 31.0 Å². The molecular weight excluding hydrogens is 439 g/mol. The van der Waals surface area contributed by atoms with E-state index in [1.807, 2.05) is 0 Å². The fourth-order valence-electron chi connectivity index (χ4n) is 3.78. The van der Waals surface area contributed by atoms with Crippen LogP contribution in [-0.4, -0.2) is 58.8 Å². The van der Waals surface area contributed by atoms with E-state index in [9.17, 15) is 14.3 Å². The smallest absolute Gasteiger partial charge is 0.248 e. The lowest BCUT2D eigenvalue weighted by Crippen LogP contribution is -2.40. The summed E-state index contributed by atoms with van der Waals surface area (Å²) in [6, 6.07) is 7.94. The third kappa shape index (κ3) is 4.39. The third-order valence-electron chi connectivity index (χ3n) is 5.39. The number of carbonyl (C=O) groups excluding carboxylic acids is 1. The molecule has 0 aliphatic carbocycles. The second-order valence-electron chi connectivity index (χ2n) is 7.32. The highest BCUT2D eigenvalue weighted by atomic mass is 35.5. The first-order valence-corrected chi connectivity index (χ1v) is 10.5. The van der Waals surface area contributed by atoms with Crippen molar-refractivity contribution in [3.05, 3.63) is 47.5 Å². The molecule has 3 aromatic rings. The molecule has 1 aromatic heterocycles. The van der Waals surface area contributed by atoms with E-state index in [1.165, 1.54) is 19.5 Å². The van der Waals surface area contributed by atoms with Crippen molar-refractivity contribution in [3.63, 3.8) is 0 Å². The monoisotopic (exact) mass is 460 g/mol. The zero-order valence-electron chi connectivity index (χ0n) is 17.3. The summed E-state index contributed by atoms with van der Waals surface area (Å²) >= 11 is 5.88. The molecule has 1 saturated heterocycles. The summed E-state index contributed by atoms with van der Waals surface area (Å²) in [4.78, 5) is 22.1. The van der Waals surface area contributed by atoms with E-state index < -0.39 is 12.4 Å². The maximum Gasteiger partial charge on any atom is 0.248 e. The van der Waals surface area contributed by atoms with Crippen molar-refractivity contribution >= 4 is 39.9 Å². The molecule has 0 radical (unpaired) electrons. The number of nitrogens with zero attached hydrogens (tertiary/aromatic N) is 3. The molecule has 2 heterocycles. The number of ether oxygens (including phenoxy) is 2. The first-order chi connectivity index (χ1) is 15.5. The van der Waals surface area contributed by atoms with E-state index in [0.29, 0.717) is 34.8 Å². The Balaban J connectivity index is 1.63.